The van der Waals surface area contributed by atoms with E-state index in [2.05, 4.69) is 0 Å². The van der Waals surface area contributed by atoms with Crippen molar-refractivity contribution in [2.45, 2.75) is 16.0 Å². The molecule has 6 heteroatoms. The van der Waals surface area contributed by atoms with E-state index in [4.69, 9.17) is 0 Å². The number of halogens is 3. The van der Waals surface area contributed by atoms with E-state index in [0.29, 0.717) is 0 Å². The first kappa shape index (κ1) is 8.55. The Hall–Kier alpha value is -1.04. The molecule has 2 nitrogen and oxygen atoms in total. The van der Waals surface area contributed by atoms with E-state index in [1.807, 2.05) is 0 Å². The van der Waals surface area contributed by atoms with Gasteiger partial charge in [-0.3, -0.25) is 0 Å². The van der Waals surface area contributed by atoms with E-state index in [1.165, 1.54) is 6.07 Å². The predicted molar refractivity (Wildman–Crippen MR) is 36.9 cm³/mol. The third-order valence-electron chi connectivity index (χ3n) is 1.85. The Morgan fingerprint density at radius 1 is 1.08 bits per heavy atom. The zero-order valence-corrected chi connectivity index (χ0v) is 6.91. The quantitative estimate of drug-likeness (QED) is 0.662. The van der Waals surface area contributed by atoms with Gasteiger partial charge < -0.3 is 0 Å². The number of sulfone groups is 1. The maximum atomic E-state index is 12.2. The Bertz CT molecular complexity index is 445. The van der Waals surface area contributed by atoms with Crippen molar-refractivity contribution in [1.29, 1.82) is 0 Å². The molecule has 2 bridgehead atoms. The molecule has 0 N–H and O–H groups in total. The van der Waals surface area contributed by atoms with Gasteiger partial charge in [0.2, 0.25) is 9.84 Å². The third kappa shape index (κ3) is 0.918. The molecule has 0 atom stereocenters. The molecule has 2 heterocycles. The van der Waals surface area contributed by atoms with Crippen LogP contribution in [-0.4, -0.2) is 8.42 Å². The summed E-state index contributed by atoms with van der Waals surface area (Å²) in [4.78, 5) is -1.23. The lowest BCUT2D eigenvalue weighted by molar-refractivity contribution is -0.143. The highest BCUT2D eigenvalue weighted by Crippen LogP contribution is 2.47. The third-order valence-corrected chi connectivity index (χ3v) is 3.69. The van der Waals surface area contributed by atoms with Crippen molar-refractivity contribution in [2.24, 2.45) is 0 Å². The lowest BCUT2D eigenvalue weighted by atomic mass is 10.2. The molecule has 0 aliphatic carbocycles. The van der Waals surface area contributed by atoms with Gasteiger partial charge in [0, 0.05) is 0 Å². The zero-order valence-electron chi connectivity index (χ0n) is 6.09. The summed E-state index contributed by atoms with van der Waals surface area (Å²) in [5.41, 5.74) is -1.02. The average Bonchev–Trinajstić information content (AvgIpc) is 2.01. The molecule has 2 aliphatic rings. The monoisotopic (exact) mass is 208 g/mol. The van der Waals surface area contributed by atoms with Crippen LogP contribution in [0.2, 0.25) is 0 Å². The van der Waals surface area contributed by atoms with Crippen molar-refractivity contribution in [2.75, 3.05) is 0 Å². The van der Waals surface area contributed by atoms with Crippen molar-refractivity contribution in [3.63, 3.8) is 0 Å². The molecule has 13 heavy (non-hydrogen) atoms. The lowest BCUT2D eigenvalue weighted by Crippen LogP contribution is -2.25. The van der Waals surface area contributed by atoms with E-state index < -0.39 is 31.4 Å². The summed E-state index contributed by atoms with van der Waals surface area (Å²) in [5.74, 6) is 0. The number of hydrogen-bond donors (Lipinski definition) is 0. The van der Waals surface area contributed by atoms with E-state index >= 15 is 0 Å². The van der Waals surface area contributed by atoms with Crippen LogP contribution in [0, 0.1) is 0 Å². The Labute approximate surface area is 71.9 Å². The van der Waals surface area contributed by atoms with E-state index in [1.54, 1.807) is 0 Å². The van der Waals surface area contributed by atoms with Gasteiger partial charge in [-0.25, -0.2) is 8.42 Å². The Balaban J connectivity index is 2.74. The van der Waals surface area contributed by atoms with Crippen LogP contribution in [0.5, 0.6) is 0 Å². The second-order valence-electron chi connectivity index (χ2n) is 2.63. The van der Waals surface area contributed by atoms with Crippen molar-refractivity contribution in [1.82, 2.24) is 0 Å². The molecule has 70 valence electrons. The molecule has 0 fully saturated rings. The fourth-order valence-electron chi connectivity index (χ4n) is 1.31. The highest BCUT2D eigenvalue weighted by atomic mass is 32.2. The van der Waals surface area contributed by atoms with E-state index in [9.17, 15) is 21.6 Å². The summed E-state index contributed by atoms with van der Waals surface area (Å²) in [6, 6.07) is 3.22. The zero-order chi connectivity index (χ0) is 9.85. The standard InChI is InChI=1S/C7H3F3O2S/c8-7(9,10)6-4-2-1-3-5(6)13(4,11)12/h1-3H. The molecule has 0 spiro atoms. The van der Waals surface area contributed by atoms with Gasteiger partial charge in [0.25, 0.3) is 0 Å². The summed E-state index contributed by atoms with van der Waals surface area (Å²) in [6.07, 6.45) is -4.57. The van der Waals surface area contributed by atoms with Crippen molar-refractivity contribution in [3.05, 3.63) is 23.8 Å². The number of hydrogen-bond acceptors (Lipinski definition) is 2. The summed E-state index contributed by atoms with van der Waals surface area (Å²) >= 11 is 0. The minimum atomic E-state index is -4.57. The van der Waals surface area contributed by atoms with Crippen LogP contribution in [0.3, 0.4) is 0 Å². The summed E-state index contributed by atoms with van der Waals surface area (Å²) in [7, 11) is -3.76. The molecule has 0 amide bonds. The fraction of sp³-hybridized carbons (Fsp3) is 0.143. The van der Waals surface area contributed by atoms with Gasteiger partial charge in [0.1, 0.15) is 0 Å². The summed E-state index contributed by atoms with van der Waals surface area (Å²) in [6.45, 7) is 0. The minimum Gasteiger partial charge on any atom is -0.218 e. The first-order valence-corrected chi connectivity index (χ1v) is 4.79. The lowest BCUT2D eigenvalue weighted by Gasteiger charge is -2.24. The van der Waals surface area contributed by atoms with E-state index in [-0.39, 0.29) is 0 Å². The molecular formula is C7H3F3O2S. The summed E-state index contributed by atoms with van der Waals surface area (Å²) in [5, 5.41) is 0. The SMILES string of the molecule is O=S1(=O)c2cccc1c2C(F)(F)F. The van der Waals surface area contributed by atoms with Gasteiger partial charge in [0.15, 0.2) is 0 Å². The van der Waals surface area contributed by atoms with Crippen LogP contribution in [0.4, 0.5) is 13.2 Å². The second kappa shape index (κ2) is 2.06. The van der Waals surface area contributed by atoms with Gasteiger partial charge in [0.05, 0.1) is 15.4 Å². The molecule has 2 aliphatic heterocycles. The van der Waals surface area contributed by atoms with Crippen molar-refractivity contribution < 1.29 is 21.6 Å². The second-order valence-corrected chi connectivity index (χ2v) is 4.52. The molecule has 1 aromatic carbocycles. The normalized spacial score (nSPS) is 18.1. The maximum absolute atomic E-state index is 12.2. The van der Waals surface area contributed by atoms with Gasteiger partial charge >= 0.3 is 6.18 Å². The molecule has 0 saturated carbocycles. The predicted octanol–water partition coefficient (Wildman–Crippen LogP) is 1.85. The fourth-order valence-corrected chi connectivity index (χ4v) is 2.90. The van der Waals surface area contributed by atoms with Gasteiger partial charge in [-0.2, -0.15) is 13.2 Å². The number of fused-ring (bicyclic) bond motifs is 2. The van der Waals surface area contributed by atoms with Crippen LogP contribution in [0.15, 0.2) is 28.0 Å². The molecule has 0 unspecified atom stereocenters. The van der Waals surface area contributed by atoms with Gasteiger partial charge in [-0.15, -0.1) is 0 Å². The molecule has 1 aromatic rings. The smallest absolute Gasteiger partial charge is 0.218 e. The Morgan fingerprint density at radius 2 is 1.54 bits per heavy atom. The van der Waals surface area contributed by atoms with E-state index in [0.717, 1.165) is 12.1 Å². The van der Waals surface area contributed by atoms with Crippen molar-refractivity contribution in [3.8, 4) is 0 Å². The largest absolute Gasteiger partial charge is 0.418 e. The highest BCUT2D eigenvalue weighted by molar-refractivity contribution is 7.92. The maximum Gasteiger partial charge on any atom is 0.418 e. The minimum absolute atomic E-state index is 0.613. The average molecular weight is 208 g/mol. The molecule has 3 rings (SSSR count). The molecule has 0 radical (unpaired) electrons. The van der Waals surface area contributed by atoms with Crippen LogP contribution in [0.1, 0.15) is 5.56 Å². The van der Waals surface area contributed by atoms with Crippen LogP contribution in [0.25, 0.3) is 0 Å². The van der Waals surface area contributed by atoms with Crippen molar-refractivity contribution >= 4 is 9.84 Å². The van der Waals surface area contributed by atoms with Gasteiger partial charge in [-0.05, 0) is 12.1 Å². The Kier molecular flexibility index (Phi) is 1.36. The number of alkyl halides is 3. The molecule has 0 aromatic heterocycles. The first-order chi connectivity index (χ1) is 5.85. The molecule has 0 saturated heterocycles. The molecular weight excluding hydrogens is 205 g/mol. The van der Waals surface area contributed by atoms with Gasteiger partial charge in [-0.1, -0.05) is 6.07 Å². The van der Waals surface area contributed by atoms with Crippen LogP contribution in [-0.2, 0) is 16.0 Å². The first-order valence-electron chi connectivity index (χ1n) is 3.30. The topological polar surface area (TPSA) is 34.1 Å². The summed E-state index contributed by atoms with van der Waals surface area (Å²) < 4.78 is 58.5. The van der Waals surface area contributed by atoms with Crippen LogP contribution >= 0.6 is 0 Å². The number of rotatable bonds is 0. The number of benzene rings is 1. The van der Waals surface area contributed by atoms with Crippen LogP contribution < -0.4 is 0 Å². The Morgan fingerprint density at radius 3 is 1.77 bits per heavy atom. The highest BCUT2D eigenvalue weighted by Gasteiger charge is 2.49.